The van der Waals surface area contributed by atoms with Crippen molar-refractivity contribution in [3.63, 3.8) is 0 Å². The summed E-state index contributed by atoms with van der Waals surface area (Å²) < 4.78 is 49.6. The first-order valence-electron chi connectivity index (χ1n) is 16.8. The predicted octanol–water partition coefficient (Wildman–Crippen LogP) is 6.95. The Hall–Kier alpha value is -3.87. The molecule has 3 aliphatic carbocycles. The van der Waals surface area contributed by atoms with E-state index in [0.29, 0.717) is 46.5 Å². The quantitative estimate of drug-likeness (QED) is 0.0974. The summed E-state index contributed by atoms with van der Waals surface area (Å²) in [5.41, 5.74) is 7.16. The van der Waals surface area contributed by atoms with Gasteiger partial charge in [0.05, 0.1) is 24.3 Å². The van der Waals surface area contributed by atoms with Gasteiger partial charge in [-0.2, -0.15) is 13.5 Å². The zero-order valence-electron chi connectivity index (χ0n) is 27.3. The standard InChI is InChI=1S/C36H39Cl2F2N3O7/c37-28-16-43(46)17-29(38)27(28)15-31(22-6-12-30(50-36(39)40)33(13-22)48-19-21-3-4-21)49-35(45)23-5-11-26(32(14-23)47-18-20-1-2-20)34(44)42-25-9-7-24(41)8-10-25/h5-6,11-14,16-17,20-21,24-25,31,36H,1-4,7-10,15,18-19,41H2,(H,42,44)/t24?,25?,31-/m0/s1. The van der Waals surface area contributed by atoms with Crippen molar-refractivity contribution in [1.82, 2.24) is 5.32 Å². The molecule has 1 amide bonds. The molecule has 2 aromatic carbocycles. The summed E-state index contributed by atoms with van der Waals surface area (Å²) in [6.45, 7) is -2.37. The van der Waals surface area contributed by atoms with Gasteiger partial charge in [-0.05, 0) is 99.1 Å². The Bertz CT molecular complexity index is 1680. The number of hydrogen-bond donors (Lipinski definition) is 2. The Morgan fingerprint density at radius 2 is 1.52 bits per heavy atom. The summed E-state index contributed by atoms with van der Waals surface area (Å²) in [6, 6.07) is 8.92. The highest BCUT2D eigenvalue weighted by molar-refractivity contribution is 6.35. The lowest BCUT2D eigenvalue weighted by Crippen LogP contribution is -2.40. The van der Waals surface area contributed by atoms with E-state index in [1.54, 1.807) is 0 Å². The molecule has 0 spiro atoms. The number of hydrogen-bond acceptors (Lipinski definition) is 8. The average molecular weight is 735 g/mol. The Balaban J connectivity index is 1.28. The fourth-order valence-corrected chi connectivity index (χ4v) is 6.43. The van der Waals surface area contributed by atoms with Crippen LogP contribution >= 0.6 is 23.2 Å². The van der Waals surface area contributed by atoms with Gasteiger partial charge in [-0.25, -0.2) is 4.79 Å². The van der Waals surface area contributed by atoms with Gasteiger partial charge < -0.3 is 35.2 Å². The van der Waals surface area contributed by atoms with Crippen molar-refractivity contribution < 1.29 is 42.0 Å². The van der Waals surface area contributed by atoms with E-state index in [1.807, 2.05) is 0 Å². The van der Waals surface area contributed by atoms with E-state index in [9.17, 15) is 23.6 Å². The van der Waals surface area contributed by atoms with Crippen molar-refractivity contribution in [2.75, 3.05) is 13.2 Å². The van der Waals surface area contributed by atoms with E-state index in [1.165, 1.54) is 36.4 Å². The van der Waals surface area contributed by atoms with Crippen molar-refractivity contribution in [3.8, 4) is 17.2 Å². The van der Waals surface area contributed by atoms with Crippen LogP contribution in [-0.4, -0.2) is 43.8 Å². The lowest BCUT2D eigenvalue weighted by molar-refractivity contribution is -0.605. The number of ether oxygens (including phenoxy) is 4. The highest BCUT2D eigenvalue weighted by Crippen LogP contribution is 2.38. The van der Waals surface area contributed by atoms with Crippen LogP contribution in [0.5, 0.6) is 17.2 Å². The van der Waals surface area contributed by atoms with Gasteiger partial charge >= 0.3 is 12.6 Å². The molecule has 3 aromatic rings. The smallest absolute Gasteiger partial charge is 0.387 e. The largest absolute Gasteiger partial charge is 0.619 e. The zero-order chi connectivity index (χ0) is 35.4. The molecule has 3 aliphatic rings. The van der Waals surface area contributed by atoms with Crippen molar-refractivity contribution in [2.24, 2.45) is 17.6 Å². The van der Waals surface area contributed by atoms with E-state index in [2.05, 4.69) is 5.32 Å². The number of carbonyl (C=O) groups excluding carboxylic acids is 2. The van der Waals surface area contributed by atoms with Crippen LogP contribution < -0.4 is 30.0 Å². The first-order valence-corrected chi connectivity index (χ1v) is 17.6. The molecule has 10 nitrogen and oxygen atoms in total. The molecule has 0 bridgehead atoms. The minimum Gasteiger partial charge on any atom is -0.619 e. The van der Waals surface area contributed by atoms with Gasteiger partial charge in [0.1, 0.15) is 21.9 Å². The van der Waals surface area contributed by atoms with E-state index < -0.39 is 18.7 Å². The molecule has 0 radical (unpaired) electrons. The van der Waals surface area contributed by atoms with E-state index in [-0.39, 0.29) is 57.3 Å². The number of nitrogens with one attached hydrogen (secondary N) is 1. The maximum absolute atomic E-state index is 13.8. The molecule has 3 N–H and O–H groups in total. The number of aromatic nitrogens is 1. The van der Waals surface area contributed by atoms with Crippen LogP contribution in [-0.2, 0) is 11.2 Å². The van der Waals surface area contributed by atoms with Crippen molar-refractivity contribution in [3.05, 3.63) is 86.3 Å². The number of esters is 1. The van der Waals surface area contributed by atoms with Crippen LogP contribution in [0.1, 0.15) is 89.3 Å². The van der Waals surface area contributed by atoms with Gasteiger partial charge in [-0.3, -0.25) is 4.79 Å². The zero-order valence-corrected chi connectivity index (χ0v) is 28.8. The van der Waals surface area contributed by atoms with E-state index >= 15 is 0 Å². The Morgan fingerprint density at radius 1 is 0.880 bits per heavy atom. The van der Waals surface area contributed by atoms with Gasteiger partial charge in [-0.1, -0.05) is 29.3 Å². The maximum Gasteiger partial charge on any atom is 0.387 e. The third-order valence-electron chi connectivity index (χ3n) is 9.16. The number of carbonyl (C=O) groups is 2. The summed E-state index contributed by atoms with van der Waals surface area (Å²) in [4.78, 5) is 27.2. The first kappa shape index (κ1) is 35.9. The summed E-state index contributed by atoms with van der Waals surface area (Å²) in [7, 11) is 0. The molecule has 1 atom stereocenters. The molecule has 6 rings (SSSR count). The second kappa shape index (κ2) is 16.0. The van der Waals surface area contributed by atoms with Gasteiger partial charge in [0.25, 0.3) is 5.91 Å². The first-order chi connectivity index (χ1) is 24.0. The fourth-order valence-electron chi connectivity index (χ4n) is 5.83. The van der Waals surface area contributed by atoms with Crippen molar-refractivity contribution >= 4 is 35.1 Å². The van der Waals surface area contributed by atoms with Gasteiger partial charge in [0, 0.05) is 24.1 Å². The van der Waals surface area contributed by atoms with E-state index in [0.717, 1.165) is 63.8 Å². The molecule has 0 unspecified atom stereocenters. The Morgan fingerprint density at radius 3 is 2.14 bits per heavy atom. The number of halogens is 4. The minimum atomic E-state index is -3.08. The summed E-state index contributed by atoms with van der Waals surface area (Å²) in [6.07, 6.45) is 8.32. The van der Waals surface area contributed by atoms with Crippen LogP contribution in [0.2, 0.25) is 10.0 Å². The summed E-state index contributed by atoms with van der Waals surface area (Å²) in [5.74, 6) is -0.212. The lowest BCUT2D eigenvalue weighted by atomic mass is 9.91. The van der Waals surface area contributed by atoms with Crippen LogP contribution in [0.3, 0.4) is 0 Å². The number of alkyl halides is 2. The Kier molecular flexibility index (Phi) is 11.5. The molecule has 0 saturated heterocycles. The summed E-state index contributed by atoms with van der Waals surface area (Å²) in [5, 5.41) is 15.1. The molecule has 268 valence electrons. The molecule has 1 heterocycles. The SMILES string of the molecule is NC1CCC(NC(=O)c2ccc(C(=O)O[C@@H](Cc3c(Cl)c[n+]([O-])cc3Cl)c3ccc(OC(F)F)c(OCC4CC4)c3)cc2OCC2CC2)CC1. The fraction of sp³-hybridized carbons (Fsp3) is 0.472. The van der Waals surface area contributed by atoms with Crippen LogP contribution in [0.25, 0.3) is 0 Å². The van der Waals surface area contributed by atoms with Crippen molar-refractivity contribution in [1.29, 1.82) is 0 Å². The number of amides is 1. The highest BCUT2D eigenvalue weighted by atomic mass is 35.5. The Labute approximate surface area is 298 Å². The van der Waals surface area contributed by atoms with Crippen molar-refractivity contribution in [2.45, 2.75) is 82.6 Å². The van der Waals surface area contributed by atoms with Crippen LogP contribution in [0.4, 0.5) is 8.78 Å². The number of benzene rings is 2. The lowest BCUT2D eigenvalue weighted by Gasteiger charge is -2.27. The third kappa shape index (κ3) is 9.67. The topological polar surface area (TPSA) is 136 Å². The monoisotopic (exact) mass is 733 g/mol. The number of nitrogens with two attached hydrogens (primary N) is 1. The number of rotatable bonds is 15. The van der Waals surface area contributed by atoms with Crippen LogP contribution in [0.15, 0.2) is 48.8 Å². The molecule has 3 saturated carbocycles. The second-order valence-corrected chi connectivity index (χ2v) is 14.1. The highest BCUT2D eigenvalue weighted by Gasteiger charge is 2.29. The second-order valence-electron chi connectivity index (χ2n) is 13.3. The molecule has 0 aliphatic heterocycles. The normalized spacial score (nSPS) is 19.5. The van der Waals surface area contributed by atoms with Gasteiger partial charge in [0.2, 0.25) is 0 Å². The van der Waals surface area contributed by atoms with Gasteiger partial charge in [-0.15, -0.1) is 0 Å². The number of pyridine rings is 1. The molecule has 50 heavy (non-hydrogen) atoms. The predicted molar refractivity (Wildman–Crippen MR) is 181 cm³/mol. The summed E-state index contributed by atoms with van der Waals surface area (Å²) >= 11 is 12.8. The maximum atomic E-state index is 13.8. The number of nitrogens with zero attached hydrogens (tertiary/aromatic N) is 1. The minimum absolute atomic E-state index is 0.00709. The molecule has 1 aromatic heterocycles. The van der Waals surface area contributed by atoms with Gasteiger partial charge in [0.15, 0.2) is 23.9 Å². The third-order valence-corrected chi connectivity index (χ3v) is 9.82. The van der Waals surface area contributed by atoms with E-state index in [4.69, 9.17) is 47.9 Å². The van der Waals surface area contributed by atoms with Crippen LogP contribution in [0, 0.1) is 17.0 Å². The average Bonchev–Trinajstić information content (AvgIpc) is 4.01. The molecule has 3 fully saturated rings. The molecule has 14 heteroatoms. The molecular formula is C36H39Cl2F2N3O7. The molecular weight excluding hydrogens is 695 g/mol.